The van der Waals surface area contributed by atoms with E-state index in [0.717, 1.165) is 151 Å². The van der Waals surface area contributed by atoms with Crippen molar-refractivity contribution in [3.05, 3.63) is 523 Å². The molecule has 0 atom stereocenters. The van der Waals surface area contributed by atoms with Gasteiger partial charge in [-0.3, -0.25) is 0 Å². The number of benzene rings is 19. The molecule has 19 aromatic carbocycles. The molecule has 9 heteroatoms. The summed E-state index contributed by atoms with van der Waals surface area (Å²) in [7, 11) is 0. The Morgan fingerprint density at radius 3 is 1.15 bits per heavy atom. The summed E-state index contributed by atoms with van der Waals surface area (Å²) in [6.07, 6.45) is 0. The Bertz CT molecular complexity index is 8860. The predicted molar refractivity (Wildman–Crippen MR) is 594 cm³/mol. The van der Waals surface area contributed by atoms with E-state index in [2.05, 4.69) is 441 Å². The van der Waals surface area contributed by atoms with Crippen LogP contribution in [0.2, 0.25) is 0 Å². The maximum absolute atomic E-state index is 9.72. The molecule has 0 spiro atoms. The molecule has 3 aromatic heterocycles. The molecule has 9 nitrogen and oxygen atoms in total. The second kappa shape index (κ2) is 37.7. The zero-order valence-electron chi connectivity index (χ0n) is 81.0. The SMILES string of the molecule is CC1(C)c2cc(C#N)ccc2-c2c(-c3ccccc3-c3cc(-c4ccccc4)nc(-c4cccc(-c5ccccc5)c4)n3)cccc21.CC1(C)c2ccc(C#N)cc2-c2cc(-c3ccccc3-c3nc(-c4ccc(-c5ccccc5)cc4)cc(-c4ccc(-c5ccccc5)cc4)n3)ccc21.[C-]#[N+]c1ccc2c(c1)-c1ccc(-c3ccccc3-c3cc(-c4ccc5ccccc5c4)nc(-c4ccccc4)n3)cc1C2(C)C. The molecular formula is C136H95N9. The number of nitriles is 2. The first-order valence-electron chi connectivity index (χ1n) is 49.1. The van der Waals surface area contributed by atoms with Crippen molar-refractivity contribution in [2.75, 3.05) is 0 Å². The van der Waals surface area contributed by atoms with Crippen LogP contribution in [0.15, 0.2) is 467 Å². The number of hydrogen-bond donors (Lipinski definition) is 0. The normalized spacial score (nSPS) is 12.6. The molecule has 0 amide bonds. The van der Waals surface area contributed by atoms with E-state index in [-0.39, 0.29) is 16.2 Å². The smallest absolute Gasteiger partial charge is 0.187 e. The summed E-state index contributed by atoms with van der Waals surface area (Å²) >= 11 is 0. The first-order chi connectivity index (χ1) is 71.0. The lowest BCUT2D eigenvalue weighted by molar-refractivity contribution is 0.660. The lowest BCUT2D eigenvalue weighted by atomic mass is 9.81. The number of fused-ring (bicyclic) bond motifs is 10. The molecule has 3 aliphatic rings. The molecule has 145 heavy (non-hydrogen) atoms. The minimum absolute atomic E-state index is 0.158. The third-order valence-electron chi connectivity index (χ3n) is 29.0. The molecule has 25 rings (SSSR count). The van der Waals surface area contributed by atoms with Gasteiger partial charge in [-0.1, -0.05) is 436 Å². The van der Waals surface area contributed by atoms with Gasteiger partial charge in [0, 0.05) is 66.3 Å². The third-order valence-corrected chi connectivity index (χ3v) is 29.0. The first kappa shape index (κ1) is 90.0. The summed E-state index contributed by atoms with van der Waals surface area (Å²) in [6, 6.07) is 167. The number of aromatic nitrogens is 6. The maximum atomic E-state index is 9.72. The van der Waals surface area contributed by atoms with E-state index in [1.54, 1.807) is 0 Å². The molecule has 22 aromatic rings. The van der Waals surface area contributed by atoms with Crippen LogP contribution in [-0.2, 0) is 16.2 Å². The van der Waals surface area contributed by atoms with Crippen molar-refractivity contribution in [2.24, 2.45) is 0 Å². The van der Waals surface area contributed by atoms with Gasteiger partial charge in [-0.2, -0.15) is 10.5 Å². The number of nitrogens with zero attached hydrogens (tertiary/aromatic N) is 9. The summed E-state index contributed by atoms with van der Waals surface area (Å²) in [6.45, 7) is 21.1. The predicted octanol–water partition coefficient (Wildman–Crippen LogP) is 34.8. The molecule has 0 unspecified atom stereocenters. The second-order valence-electron chi connectivity index (χ2n) is 38.9. The fourth-order valence-corrected chi connectivity index (χ4v) is 21.4. The largest absolute Gasteiger partial charge is 0.238 e. The van der Waals surface area contributed by atoms with Crippen molar-refractivity contribution in [2.45, 2.75) is 57.8 Å². The van der Waals surface area contributed by atoms with E-state index in [9.17, 15) is 10.5 Å². The summed E-state index contributed by atoms with van der Waals surface area (Å²) in [5.41, 5.74) is 44.0. The number of rotatable bonds is 15. The Kier molecular flexibility index (Phi) is 23.4. The van der Waals surface area contributed by atoms with Gasteiger partial charge in [0.15, 0.2) is 23.2 Å². The van der Waals surface area contributed by atoms with E-state index in [4.69, 9.17) is 36.5 Å². The average molecular weight is 1860 g/mol. The Morgan fingerprint density at radius 2 is 0.552 bits per heavy atom. The van der Waals surface area contributed by atoms with Crippen molar-refractivity contribution in [3.63, 3.8) is 0 Å². The zero-order valence-corrected chi connectivity index (χ0v) is 81.0. The van der Waals surface area contributed by atoms with Crippen LogP contribution in [0.25, 0.3) is 217 Å². The van der Waals surface area contributed by atoms with Gasteiger partial charge < -0.3 is 0 Å². The van der Waals surface area contributed by atoms with Crippen molar-refractivity contribution in [3.8, 4) is 214 Å². The van der Waals surface area contributed by atoms with Crippen molar-refractivity contribution in [1.29, 1.82) is 10.5 Å². The zero-order chi connectivity index (χ0) is 98.4. The van der Waals surface area contributed by atoms with Crippen LogP contribution in [0.1, 0.15) is 86.1 Å². The van der Waals surface area contributed by atoms with Crippen LogP contribution in [0, 0.1) is 29.2 Å². The Balaban J connectivity index is 0.000000121. The van der Waals surface area contributed by atoms with Crippen LogP contribution in [0.4, 0.5) is 5.69 Å². The maximum Gasteiger partial charge on any atom is 0.187 e. The van der Waals surface area contributed by atoms with Gasteiger partial charge in [-0.05, 0) is 217 Å². The van der Waals surface area contributed by atoms with Gasteiger partial charge in [0.1, 0.15) is 0 Å². The van der Waals surface area contributed by atoms with E-state index in [1.807, 2.05) is 84.9 Å². The third kappa shape index (κ3) is 17.1. The molecule has 3 heterocycles. The first-order valence-corrected chi connectivity index (χ1v) is 49.1. The van der Waals surface area contributed by atoms with Crippen LogP contribution in [-0.4, -0.2) is 29.9 Å². The monoisotopic (exact) mass is 1850 g/mol. The summed E-state index contributed by atoms with van der Waals surface area (Å²) in [4.78, 5) is 34.8. The molecule has 0 fully saturated rings. The highest BCUT2D eigenvalue weighted by molar-refractivity contribution is 5.99. The lowest BCUT2D eigenvalue weighted by Crippen LogP contribution is -2.15. The quantitative estimate of drug-likeness (QED) is 0.0928. The van der Waals surface area contributed by atoms with Gasteiger partial charge in [0.25, 0.3) is 0 Å². The molecular weight excluding hydrogens is 1760 g/mol. The van der Waals surface area contributed by atoms with Crippen LogP contribution < -0.4 is 0 Å². The highest BCUT2D eigenvalue weighted by Crippen LogP contribution is 2.56. The van der Waals surface area contributed by atoms with Crippen molar-refractivity contribution < 1.29 is 0 Å². The minimum atomic E-state index is -0.227. The van der Waals surface area contributed by atoms with Crippen LogP contribution in [0.5, 0.6) is 0 Å². The Hall–Kier alpha value is -18.9. The fourth-order valence-electron chi connectivity index (χ4n) is 21.4. The molecule has 0 aliphatic heterocycles. The molecule has 684 valence electrons. The van der Waals surface area contributed by atoms with E-state index in [1.165, 1.54) is 77.5 Å². The van der Waals surface area contributed by atoms with Crippen molar-refractivity contribution >= 4 is 16.5 Å². The Morgan fingerprint density at radius 1 is 0.193 bits per heavy atom. The standard InChI is InChI=1S/C50H35N3.C44H31N3.C42H29N3/c1-50(2)45-27-17-33(32-51)29-43(45)44-30-40(26-28-46(44)50)41-15-9-10-16-42(41)49-52-47(38-22-18-36(19-23-38)34-11-5-3-6-12-34)31-48(53-49)39-24-20-37(21-25-39)35-13-7-4-8-14-35;1-44(2)38-22-12-21-36(42(38)37-24-23-29(28-45)25-39(37)44)34-19-9-10-20-35(34)41-27-40(31-15-7-4-8-16-31)46-43(47-41)33-18-11-17-32(26-33)30-13-5-3-6-14-30;1-42(2)37-22-20-32(43-3)25-36(37)34-21-19-30(24-38(34)42)33-15-9-10-16-35(33)40-26-39(44-41(45-40)28-12-5-4-6-13-28)31-18-17-27-11-7-8-14-29(27)23-31/h3-31H,1-2H3;3-27H,1-2H3;4-26H,1-2H3. The molecule has 0 radical (unpaired) electrons. The van der Waals surface area contributed by atoms with Gasteiger partial charge >= 0.3 is 0 Å². The number of hydrogen-bond acceptors (Lipinski definition) is 8. The summed E-state index contributed by atoms with van der Waals surface area (Å²) in [5.74, 6) is 2.05. The fraction of sp³-hybridized carbons (Fsp3) is 0.0662. The second-order valence-corrected chi connectivity index (χ2v) is 38.9. The highest BCUT2D eigenvalue weighted by Gasteiger charge is 2.40. The Labute approximate surface area is 845 Å². The van der Waals surface area contributed by atoms with E-state index in [0.29, 0.717) is 34.3 Å². The molecule has 0 N–H and O–H groups in total. The van der Waals surface area contributed by atoms with Gasteiger partial charge in [0.05, 0.1) is 64.0 Å². The highest BCUT2D eigenvalue weighted by atomic mass is 14.9. The van der Waals surface area contributed by atoms with Crippen LogP contribution in [0.3, 0.4) is 0 Å². The summed E-state index contributed by atoms with van der Waals surface area (Å²) in [5, 5.41) is 21.8. The van der Waals surface area contributed by atoms with E-state index < -0.39 is 0 Å². The minimum Gasteiger partial charge on any atom is -0.238 e. The van der Waals surface area contributed by atoms with Crippen molar-refractivity contribution in [1.82, 2.24) is 29.9 Å². The lowest BCUT2D eigenvalue weighted by Gasteiger charge is -2.22. The molecule has 0 bridgehead atoms. The summed E-state index contributed by atoms with van der Waals surface area (Å²) < 4.78 is 0. The van der Waals surface area contributed by atoms with E-state index >= 15 is 0 Å². The van der Waals surface area contributed by atoms with Gasteiger partial charge in [-0.15, -0.1) is 0 Å². The molecule has 0 saturated heterocycles. The average Bonchev–Trinajstić information content (AvgIpc) is 1.57. The van der Waals surface area contributed by atoms with Gasteiger partial charge in [0.2, 0.25) is 0 Å². The molecule has 0 saturated carbocycles. The topological polar surface area (TPSA) is 129 Å². The van der Waals surface area contributed by atoms with Gasteiger partial charge in [-0.25, -0.2) is 34.7 Å². The molecule has 3 aliphatic carbocycles. The van der Waals surface area contributed by atoms with Crippen LogP contribution >= 0.6 is 0 Å².